The molecule has 15 heavy (non-hydrogen) atoms. The van der Waals surface area contributed by atoms with Crippen molar-refractivity contribution in [3.05, 3.63) is 0 Å². The zero-order valence-electron chi connectivity index (χ0n) is 8.55. The summed E-state index contributed by atoms with van der Waals surface area (Å²) in [6.07, 6.45) is 2.40. The van der Waals surface area contributed by atoms with Gasteiger partial charge in [0.05, 0.1) is 11.5 Å². The van der Waals surface area contributed by atoms with E-state index in [1.807, 2.05) is 6.92 Å². The van der Waals surface area contributed by atoms with Crippen molar-refractivity contribution >= 4 is 29.8 Å². The van der Waals surface area contributed by atoms with E-state index in [-0.39, 0.29) is 28.1 Å². The fourth-order valence-electron chi connectivity index (χ4n) is 0.940. The van der Waals surface area contributed by atoms with Crippen LogP contribution in [0.4, 0.5) is 0 Å². The fourth-order valence-corrected chi connectivity index (χ4v) is 4.53. The lowest BCUT2D eigenvalue weighted by Gasteiger charge is -2.02. The molecule has 0 rings (SSSR count). The van der Waals surface area contributed by atoms with Crippen molar-refractivity contribution in [2.75, 3.05) is 17.3 Å². The van der Waals surface area contributed by atoms with Crippen LogP contribution in [0.3, 0.4) is 0 Å². The van der Waals surface area contributed by atoms with Crippen LogP contribution in [0.2, 0.25) is 0 Å². The van der Waals surface area contributed by atoms with E-state index in [1.54, 1.807) is 0 Å². The maximum atomic E-state index is 11.3. The summed E-state index contributed by atoms with van der Waals surface area (Å²) in [6.45, 7) is 1.97. The first-order chi connectivity index (χ1) is 6.77. The molecule has 0 aliphatic rings. The number of hydrogen-bond acceptors (Lipinski definition) is 5. The summed E-state index contributed by atoms with van der Waals surface area (Å²) in [5.74, 6) is -0.235. The lowest BCUT2D eigenvalue weighted by atomic mass is 10.3. The van der Waals surface area contributed by atoms with E-state index in [0.717, 1.165) is 12.8 Å². The fraction of sp³-hybridized carbons (Fsp3) is 1.00. The van der Waals surface area contributed by atoms with Crippen molar-refractivity contribution in [1.29, 1.82) is 0 Å². The standard InChI is InChI=1S/C7H16O5S3/c1-2-3-4-6-14(8,9)7-5-13-15(10,11)12/h2-7H2,1H3,(H,10,11,12). The molecule has 0 unspecified atom stereocenters. The van der Waals surface area contributed by atoms with Gasteiger partial charge in [-0.2, -0.15) is 8.42 Å². The molecular formula is C7H16O5S3. The Morgan fingerprint density at radius 3 is 2.13 bits per heavy atom. The van der Waals surface area contributed by atoms with Crippen LogP contribution in [0.1, 0.15) is 26.2 Å². The second-order valence-electron chi connectivity index (χ2n) is 3.11. The average molecular weight is 276 g/mol. The molecule has 0 spiro atoms. The topological polar surface area (TPSA) is 88.5 Å². The summed E-state index contributed by atoms with van der Waals surface area (Å²) in [5.41, 5.74) is 0. The monoisotopic (exact) mass is 276 g/mol. The molecule has 0 saturated carbocycles. The second kappa shape index (κ2) is 6.72. The molecule has 1 N–H and O–H groups in total. The van der Waals surface area contributed by atoms with Gasteiger partial charge in [-0.15, -0.1) is 0 Å². The van der Waals surface area contributed by atoms with Gasteiger partial charge in [0, 0.05) is 5.75 Å². The highest BCUT2D eigenvalue weighted by Crippen LogP contribution is 2.10. The van der Waals surface area contributed by atoms with Crippen LogP contribution in [-0.4, -0.2) is 38.6 Å². The van der Waals surface area contributed by atoms with E-state index in [9.17, 15) is 16.8 Å². The summed E-state index contributed by atoms with van der Waals surface area (Å²) in [6, 6.07) is 0. The molecule has 0 amide bonds. The van der Waals surface area contributed by atoms with Gasteiger partial charge in [0.15, 0.2) is 9.84 Å². The third-order valence-corrected chi connectivity index (χ3v) is 5.74. The molecule has 0 radical (unpaired) electrons. The van der Waals surface area contributed by atoms with Crippen molar-refractivity contribution < 1.29 is 21.4 Å². The Hall–Kier alpha value is 0.210. The SMILES string of the molecule is CCCCCS(=O)(=O)CCSS(=O)(=O)O. The quantitative estimate of drug-likeness (QED) is 0.406. The molecule has 92 valence electrons. The molecular weight excluding hydrogens is 260 g/mol. The Morgan fingerprint density at radius 1 is 1.07 bits per heavy atom. The lowest BCUT2D eigenvalue weighted by Crippen LogP contribution is -2.13. The molecule has 0 aromatic rings. The smallest absolute Gasteiger partial charge is 0.277 e. The van der Waals surface area contributed by atoms with Crippen LogP contribution in [0, 0.1) is 0 Å². The van der Waals surface area contributed by atoms with Gasteiger partial charge in [-0.05, 0) is 17.2 Å². The van der Waals surface area contributed by atoms with Gasteiger partial charge in [0.2, 0.25) is 0 Å². The zero-order chi connectivity index (χ0) is 11.9. The van der Waals surface area contributed by atoms with Gasteiger partial charge in [-0.1, -0.05) is 19.8 Å². The van der Waals surface area contributed by atoms with Crippen molar-refractivity contribution in [3.63, 3.8) is 0 Å². The van der Waals surface area contributed by atoms with Crippen LogP contribution in [0.25, 0.3) is 0 Å². The highest BCUT2D eigenvalue weighted by molar-refractivity contribution is 8.70. The Bertz CT molecular complexity index is 356. The first-order valence-electron chi connectivity index (χ1n) is 4.59. The Morgan fingerprint density at radius 2 is 1.67 bits per heavy atom. The van der Waals surface area contributed by atoms with Crippen LogP contribution < -0.4 is 0 Å². The van der Waals surface area contributed by atoms with E-state index < -0.39 is 19.0 Å². The van der Waals surface area contributed by atoms with Crippen molar-refractivity contribution in [2.45, 2.75) is 26.2 Å². The number of hydrogen-bond donors (Lipinski definition) is 1. The second-order valence-corrected chi connectivity index (χ2v) is 8.88. The number of rotatable bonds is 8. The molecule has 8 heteroatoms. The maximum Gasteiger partial charge on any atom is 0.319 e. The molecule has 0 heterocycles. The van der Waals surface area contributed by atoms with E-state index in [1.165, 1.54) is 0 Å². The highest BCUT2D eigenvalue weighted by atomic mass is 33.1. The third kappa shape index (κ3) is 10.5. The Labute approximate surface area is 94.7 Å². The van der Waals surface area contributed by atoms with Gasteiger partial charge >= 0.3 is 9.15 Å². The lowest BCUT2D eigenvalue weighted by molar-refractivity contribution is 0.503. The van der Waals surface area contributed by atoms with Gasteiger partial charge in [0.25, 0.3) is 0 Å². The van der Waals surface area contributed by atoms with Crippen LogP contribution >= 0.6 is 10.8 Å². The molecule has 0 aliphatic heterocycles. The molecule has 0 aromatic carbocycles. The summed E-state index contributed by atoms with van der Waals surface area (Å²) in [5, 5.41) is 0. The first-order valence-corrected chi connectivity index (χ1v) is 9.35. The summed E-state index contributed by atoms with van der Waals surface area (Å²) in [7, 11) is -7.04. The summed E-state index contributed by atoms with van der Waals surface area (Å²) >= 11 is 0. The Balaban J connectivity index is 3.85. The van der Waals surface area contributed by atoms with Crippen molar-refractivity contribution in [2.24, 2.45) is 0 Å². The van der Waals surface area contributed by atoms with Crippen LogP contribution in [-0.2, 0) is 19.0 Å². The number of sulfone groups is 1. The van der Waals surface area contributed by atoms with Crippen LogP contribution in [0.15, 0.2) is 0 Å². The molecule has 0 fully saturated rings. The molecule has 0 aromatic heterocycles. The van der Waals surface area contributed by atoms with E-state index >= 15 is 0 Å². The minimum atomic E-state index is -4.12. The average Bonchev–Trinajstić information content (AvgIpc) is 2.01. The number of unbranched alkanes of at least 4 members (excludes halogenated alkanes) is 2. The van der Waals surface area contributed by atoms with Gasteiger partial charge < -0.3 is 0 Å². The van der Waals surface area contributed by atoms with E-state index in [4.69, 9.17) is 4.55 Å². The van der Waals surface area contributed by atoms with E-state index in [0.29, 0.717) is 6.42 Å². The molecule has 0 bridgehead atoms. The predicted octanol–water partition coefficient (Wildman–Crippen LogP) is 1.13. The molecule has 0 atom stereocenters. The largest absolute Gasteiger partial charge is 0.319 e. The van der Waals surface area contributed by atoms with Crippen molar-refractivity contribution in [1.82, 2.24) is 0 Å². The van der Waals surface area contributed by atoms with Gasteiger partial charge in [-0.3, -0.25) is 4.55 Å². The highest BCUT2D eigenvalue weighted by Gasteiger charge is 2.13. The predicted molar refractivity (Wildman–Crippen MR) is 62.2 cm³/mol. The zero-order valence-corrected chi connectivity index (χ0v) is 11.0. The molecule has 5 nitrogen and oxygen atoms in total. The first kappa shape index (κ1) is 15.2. The summed E-state index contributed by atoms with van der Waals surface area (Å²) in [4.78, 5) is 0. The minimum absolute atomic E-state index is 0.0902. The Kier molecular flexibility index (Phi) is 6.81. The third-order valence-electron chi connectivity index (χ3n) is 1.69. The maximum absolute atomic E-state index is 11.3. The molecule has 0 saturated heterocycles. The normalized spacial score (nSPS) is 12.9. The molecule has 0 aliphatic carbocycles. The minimum Gasteiger partial charge on any atom is -0.277 e. The van der Waals surface area contributed by atoms with Gasteiger partial charge in [0.1, 0.15) is 0 Å². The van der Waals surface area contributed by atoms with Crippen LogP contribution in [0.5, 0.6) is 0 Å². The van der Waals surface area contributed by atoms with Crippen molar-refractivity contribution in [3.8, 4) is 0 Å². The van der Waals surface area contributed by atoms with Gasteiger partial charge in [-0.25, -0.2) is 8.42 Å². The summed E-state index contributed by atoms with van der Waals surface area (Å²) < 4.78 is 51.6. The van der Waals surface area contributed by atoms with E-state index in [2.05, 4.69) is 0 Å².